The maximum absolute atomic E-state index is 13.2. The van der Waals surface area contributed by atoms with Crippen molar-refractivity contribution in [2.75, 3.05) is 11.9 Å². The van der Waals surface area contributed by atoms with Crippen LogP contribution in [0.15, 0.2) is 73.2 Å². The third kappa shape index (κ3) is 8.94. The zero-order valence-electron chi connectivity index (χ0n) is 23.8. The summed E-state index contributed by atoms with van der Waals surface area (Å²) in [5.41, 5.74) is 4.93. The van der Waals surface area contributed by atoms with Gasteiger partial charge in [0, 0.05) is 48.3 Å². The predicted molar refractivity (Wildman–Crippen MR) is 178 cm³/mol. The van der Waals surface area contributed by atoms with Gasteiger partial charge in [-0.3, -0.25) is 4.79 Å². The number of carbonyl (C=O) groups is 1. The third-order valence-corrected chi connectivity index (χ3v) is 8.60. The van der Waals surface area contributed by atoms with E-state index in [-0.39, 0.29) is 18.4 Å². The largest absolute Gasteiger partial charge is 0.351 e. The lowest BCUT2D eigenvalue weighted by molar-refractivity contribution is -0.121. The number of thiocarbonyl (C=S) groups is 1. The van der Waals surface area contributed by atoms with Gasteiger partial charge in [0.1, 0.15) is 0 Å². The van der Waals surface area contributed by atoms with E-state index in [1.807, 2.05) is 65.8 Å². The number of hydrogen-bond donors (Lipinski definition) is 2. The molecule has 43 heavy (non-hydrogen) atoms. The molecule has 3 aromatic carbocycles. The molecule has 1 heterocycles. The van der Waals surface area contributed by atoms with E-state index in [0.717, 1.165) is 28.1 Å². The highest BCUT2D eigenvalue weighted by Gasteiger charge is 2.21. The van der Waals surface area contributed by atoms with Gasteiger partial charge in [0.2, 0.25) is 5.91 Å². The highest BCUT2D eigenvalue weighted by molar-refractivity contribution is 7.80. The lowest BCUT2D eigenvalue weighted by atomic mass is 10.1. The van der Waals surface area contributed by atoms with Crippen LogP contribution in [0.3, 0.4) is 0 Å². The van der Waals surface area contributed by atoms with Gasteiger partial charge in [0.05, 0.1) is 34.4 Å². The Kier molecular flexibility index (Phi) is 11.4. The van der Waals surface area contributed by atoms with Crippen LogP contribution in [0, 0.1) is 18.3 Å². The molecule has 1 aromatic heterocycles. The molecule has 0 radical (unpaired) electrons. The summed E-state index contributed by atoms with van der Waals surface area (Å²) >= 11 is 25.0. The molecule has 0 saturated carbocycles. The molecule has 0 spiro atoms. The van der Waals surface area contributed by atoms with Gasteiger partial charge in [0.25, 0.3) is 0 Å². The summed E-state index contributed by atoms with van der Waals surface area (Å²) in [5.74, 6) is -0.127. The Morgan fingerprint density at radius 2 is 1.88 bits per heavy atom. The maximum atomic E-state index is 13.2. The highest BCUT2D eigenvalue weighted by atomic mass is 35.5. The molecule has 222 valence electrons. The molecule has 0 saturated heterocycles. The van der Waals surface area contributed by atoms with Gasteiger partial charge in [-0.1, -0.05) is 72.1 Å². The van der Waals surface area contributed by atoms with Gasteiger partial charge in [-0.25, -0.2) is 4.98 Å². The minimum Gasteiger partial charge on any atom is -0.351 e. The zero-order valence-corrected chi connectivity index (χ0v) is 26.9. The summed E-state index contributed by atoms with van der Waals surface area (Å²) in [6.45, 7) is 5.31. The molecule has 1 amide bonds. The minimum atomic E-state index is -0.207. The summed E-state index contributed by atoms with van der Waals surface area (Å²) in [7, 11) is 0. The van der Waals surface area contributed by atoms with Gasteiger partial charge in [-0.05, 0) is 72.6 Å². The number of carbonyl (C=O) groups excluding carboxylic acids is 1. The summed E-state index contributed by atoms with van der Waals surface area (Å²) in [5, 5.41) is 17.5. The van der Waals surface area contributed by atoms with Crippen molar-refractivity contribution in [3.63, 3.8) is 0 Å². The number of amides is 1. The fraction of sp³-hybridized carbons (Fsp3) is 0.250. The topological polar surface area (TPSA) is 86.0 Å². The lowest BCUT2D eigenvalue weighted by Gasteiger charge is -2.31. The number of hydrogen-bond acceptors (Lipinski definition) is 4. The van der Waals surface area contributed by atoms with Crippen LogP contribution in [0.2, 0.25) is 15.1 Å². The Hall–Kier alpha value is -3.61. The van der Waals surface area contributed by atoms with E-state index >= 15 is 0 Å². The van der Waals surface area contributed by atoms with Crippen molar-refractivity contribution in [3.05, 3.63) is 116 Å². The first-order chi connectivity index (χ1) is 20.7. The van der Waals surface area contributed by atoms with Crippen LogP contribution in [-0.4, -0.2) is 38.1 Å². The molecular formula is C32H31Cl3N6OS. The predicted octanol–water partition coefficient (Wildman–Crippen LogP) is 7.41. The SMILES string of the molecule is CC[C@@H](CN(Cc1cccc(Cl)c1Cl)C(=S)Nc1ccc(C)c(Cl)c1)NC(=O)Cc1cncn1Cc1ccc(C#N)cc1. The van der Waals surface area contributed by atoms with Crippen molar-refractivity contribution in [1.29, 1.82) is 5.26 Å². The molecule has 4 rings (SSSR count). The number of halogens is 3. The van der Waals surface area contributed by atoms with E-state index < -0.39 is 0 Å². The Balaban J connectivity index is 1.46. The van der Waals surface area contributed by atoms with Crippen LogP contribution in [-0.2, 0) is 24.3 Å². The monoisotopic (exact) mass is 652 g/mol. The van der Waals surface area contributed by atoms with Crippen molar-refractivity contribution in [2.24, 2.45) is 0 Å². The van der Waals surface area contributed by atoms with E-state index in [1.165, 1.54) is 0 Å². The number of benzene rings is 3. The van der Waals surface area contributed by atoms with Crippen molar-refractivity contribution in [3.8, 4) is 6.07 Å². The second-order valence-electron chi connectivity index (χ2n) is 10.2. The molecule has 0 aliphatic carbocycles. The van der Waals surface area contributed by atoms with E-state index in [4.69, 9.17) is 52.3 Å². The third-order valence-electron chi connectivity index (χ3n) is 6.98. The fourth-order valence-corrected chi connectivity index (χ4v) is 5.29. The van der Waals surface area contributed by atoms with E-state index in [0.29, 0.717) is 51.8 Å². The van der Waals surface area contributed by atoms with Crippen LogP contribution in [0.4, 0.5) is 5.69 Å². The number of aromatic nitrogens is 2. The molecular weight excluding hydrogens is 623 g/mol. The maximum Gasteiger partial charge on any atom is 0.226 e. The highest BCUT2D eigenvalue weighted by Crippen LogP contribution is 2.27. The fourth-order valence-electron chi connectivity index (χ4n) is 4.47. The van der Waals surface area contributed by atoms with Crippen LogP contribution < -0.4 is 10.6 Å². The molecule has 0 fully saturated rings. The number of anilines is 1. The second kappa shape index (κ2) is 15.2. The number of rotatable bonds is 11. The Labute approximate surface area is 272 Å². The summed E-state index contributed by atoms with van der Waals surface area (Å²) < 4.78 is 1.93. The van der Waals surface area contributed by atoms with Gasteiger partial charge in [-0.15, -0.1) is 0 Å². The first-order valence-corrected chi connectivity index (χ1v) is 15.2. The summed E-state index contributed by atoms with van der Waals surface area (Å²) in [6.07, 6.45) is 4.24. The number of nitrogens with zero attached hydrogens (tertiary/aromatic N) is 4. The minimum absolute atomic E-state index is 0.127. The quantitative estimate of drug-likeness (QED) is 0.164. The number of nitriles is 1. The van der Waals surface area contributed by atoms with Gasteiger partial charge < -0.3 is 20.1 Å². The number of aryl methyl sites for hydroxylation is 1. The molecule has 0 bridgehead atoms. The van der Waals surface area contributed by atoms with Crippen LogP contribution in [0.5, 0.6) is 0 Å². The zero-order chi connectivity index (χ0) is 30.9. The second-order valence-corrected chi connectivity index (χ2v) is 11.7. The number of imidazole rings is 1. The average Bonchev–Trinajstić information content (AvgIpc) is 3.42. The first kappa shape index (κ1) is 32.3. The van der Waals surface area contributed by atoms with Crippen LogP contribution in [0.25, 0.3) is 0 Å². The molecule has 2 N–H and O–H groups in total. The standard InChI is InChI=1S/C32H31Cl3N6OS/c1-3-25(38-30(42)14-27-16-37-20-41(27)17-23-10-8-22(15-36)9-11-23)19-40(18-24-5-4-6-28(33)31(24)35)32(43)39-26-12-7-21(2)29(34)13-26/h4-13,16,20,25H,3,14,17-19H2,1-2H3,(H,38,42)(H,39,43)/t25-/m0/s1. The van der Waals surface area contributed by atoms with Gasteiger partial charge in [-0.2, -0.15) is 5.26 Å². The molecule has 4 aromatic rings. The normalized spacial score (nSPS) is 11.4. The smallest absolute Gasteiger partial charge is 0.226 e. The number of nitrogens with one attached hydrogen (secondary N) is 2. The van der Waals surface area contributed by atoms with Crippen molar-refractivity contribution < 1.29 is 4.79 Å². The Bertz CT molecular complexity index is 1630. The Morgan fingerprint density at radius 1 is 1.12 bits per heavy atom. The first-order valence-electron chi connectivity index (χ1n) is 13.7. The van der Waals surface area contributed by atoms with E-state index in [9.17, 15) is 4.79 Å². The average molecular weight is 654 g/mol. The lowest BCUT2D eigenvalue weighted by Crippen LogP contribution is -2.47. The summed E-state index contributed by atoms with van der Waals surface area (Å²) in [6, 6.07) is 20.4. The van der Waals surface area contributed by atoms with Crippen LogP contribution >= 0.6 is 47.0 Å². The van der Waals surface area contributed by atoms with Crippen molar-refractivity contribution in [2.45, 2.75) is 45.8 Å². The van der Waals surface area contributed by atoms with Gasteiger partial charge in [0.15, 0.2) is 5.11 Å². The van der Waals surface area contributed by atoms with E-state index in [2.05, 4.69) is 21.7 Å². The van der Waals surface area contributed by atoms with Crippen LogP contribution in [0.1, 0.15) is 41.3 Å². The van der Waals surface area contributed by atoms with E-state index in [1.54, 1.807) is 30.7 Å². The molecule has 1 atom stereocenters. The summed E-state index contributed by atoms with van der Waals surface area (Å²) in [4.78, 5) is 19.4. The molecule has 0 aliphatic heterocycles. The molecule has 7 nitrogen and oxygen atoms in total. The molecule has 0 aliphatic rings. The molecule has 0 unspecified atom stereocenters. The Morgan fingerprint density at radius 3 is 2.58 bits per heavy atom. The van der Waals surface area contributed by atoms with Crippen molar-refractivity contribution >= 4 is 63.7 Å². The van der Waals surface area contributed by atoms with Crippen molar-refractivity contribution in [1.82, 2.24) is 19.8 Å². The van der Waals surface area contributed by atoms with Gasteiger partial charge >= 0.3 is 0 Å². The molecule has 11 heteroatoms.